The average molecular weight is 703 g/mol. The second-order valence-corrected chi connectivity index (χ2v) is 10.8. The molecule has 38 heavy (non-hydrogen) atoms. The Hall–Kier alpha value is -3.00. The summed E-state index contributed by atoms with van der Waals surface area (Å²) >= 11 is 10.6. The predicted octanol–water partition coefficient (Wildman–Crippen LogP) is 7.37. The van der Waals surface area contributed by atoms with Gasteiger partial charge in [0.1, 0.15) is 12.4 Å². The maximum Gasteiger partial charge on any atom is 0.282 e. The van der Waals surface area contributed by atoms with Crippen molar-refractivity contribution in [2.45, 2.75) is 32.8 Å². The van der Waals surface area contributed by atoms with Gasteiger partial charge in [0.2, 0.25) is 0 Å². The zero-order valence-electron chi connectivity index (χ0n) is 20.7. The van der Waals surface area contributed by atoms with Crippen LogP contribution in [0.3, 0.4) is 0 Å². The van der Waals surface area contributed by atoms with E-state index in [0.717, 1.165) is 22.9 Å². The fourth-order valence-corrected chi connectivity index (χ4v) is 5.12. The molecule has 3 aromatic carbocycles. The second kappa shape index (κ2) is 12.7. The monoisotopic (exact) mass is 700 g/mol. The molecule has 0 aliphatic carbocycles. The van der Waals surface area contributed by atoms with Crippen molar-refractivity contribution in [2.24, 2.45) is 5.10 Å². The van der Waals surface area contributed by atoms with Crippen LogP contribution < -0.4 is 15.0 Å². The van der Waals surface area contributed by atoms with Crippen molar-refractivity contribution >= 4 is 64.9 Å². The van der Waals surface area contributed by atoms with Crippen LogP contribution in [0.1, 0.15) is 42.3 Å². The maximum atomic E-state index is 13.4. The van der Waals surface area contributed by atoms with Crippen molar-refractivity contribution < 1.29 is 9.47 Å². The molecule has 0 saturated carbocycles. The van der Waals surface area contributed by atoms with Crippen molar-refractivity contribution in [1.82, 2.24) is 9.66 Å². The molecule has 0 aliphatic heterocycles. The Morgan fingerprint density at radius 1 is 1.13 bits per heavy atom. The Balaban J connectivity index is 1.73. The minimum Gasteiger partial charge on any atom is -0.493 e. The zero-order valence-corrected chi connectivity index (χ0v) is 25.4. The van der Waals surface area contributed by atoms with E-state index in [1.807, 2.05) is 30.3 Å². The van der Waals surface area contributed by atoms with Gasteiger partial charge in [0, 0.05) is 26.5 Å². The lowest BCUT2D eigenvalue weighted by molar-refractivity contribution is 0.282. The number of hydrogen-bond acceptors (Lipinski definition) is 6. The summed E-state index contributed by atoms with van der Waals surface area (Å²) in [7, 11) is 1.55. The lowest BCUT2D eigenvalue weighted by atomic mass is 10.1. The molecular formula is C28H23Br3N4O3. The number of unbranched alkanes of at least 4 members (excludes halogenated alkanes) is 1. The van der Waals surface area contributed by atoms with Gasteiger partial charge in [-0.05, 0) is 68.6 Å². The Bertz CT molecular complexity index is 1630. The summed E-state index contributed by atoms with van der Waals surface area (Å²) < 4.78 is 15.1. The van der Waals surface area contributed by atoms with Crippen LogP contribution in [0.2, 0.25) is 0 Å². The Labute approximate surface area is 245 Å². The van der Waals surface area contributed by atoms with Crippen LogP contribution in [0.25, 0.3) is 10.9 Å². The van der Waals surface area contributed by atoms with E-state index in [0.29, 0.717) is 54.7 Å². The molecule has 1 heterocycles. The Morgan fingerprint density at radius 2 is 1.92 bits per heavy atom. The molecule has 0 atom stereocenters. The Kier molecular flexibility index (Phi) is 9.36. The summed E-state index contributed by atoms with van der Waals surface area (Å²) in [6.45, 7) is 2.28. The number of methoxy groups -OCH3 is 1. The maximum absolute atomic E-state index is 13.4. The number of aryl methyl sites for hydroxylation is 1. The number of nitriles is 1. The molecule has 0 amide bonds. The number of aromatic nitrogens is 2. The normalized spacial score (nSPS) is 11.2. The molecule has 7 nitrogen and oxygen atoms in total. The fraction of sp³-hybridized carbons (Fsp3) is 0.214. The predicted molar refractivity (Wildman–Crippen MR) is 159 cm³/mol. The third-order valence-electron chi connectivity index (χ3n) is 5.83. The lowest BCUT2D eigenvalue weighted by Crippen LogP contribution is -2.22. The first-order valence-corrected chi connectivity index (χ1v) is 14.2. The van der Waals surface area contributed by atoms with Crippen LogP contribution in [0.15, 0.2) is 71.8 Å². The summed E-state index contributed by atoms with van der Waals surface area (Å²) in [5.74, 6) is 1.54. The highest BCUT2D eigenvalue weighted by molar-refractivity contribution is 9.13. The van der Waals surface area contributed by atoms with E-state index >= 15 is 0 Å². The third-order valence-corrected chi connectivity index (χ3v) is 8.46. The smallest absolute Gasteiger partial charge is 0.282 e. The van der Waals surface area contributed by atoms with E-state index in [1.54, 1.807) is 31.5 Å². The first kappa shape index (κ1) is 28.0. The molecule has 4 rings (SSSR count). The number of fused-ring (bicyclic) bond motifs is 1. The van der Waals surface area contributed by atoms with Gasteiger partial charge < -0.3 is 9.47 Å². The molecular weight excluding hydrogens is 680 g/mol. The molecule has 194 valence electrons. The van der Waals surface area contributed by atoms with Crippen LogP contribution in [0.4, 0.5) is 0 Å². The largest absolute Gasteiger partial charge is 0.493 e. The summed E-state index contributed by atoms with van der Waals surface area (Å²) in [6.07, 6.45) is 4.07. The van der Waals surface area contributed by atoms with Gasteiger partial charge in [0.05, 0.1) is 40.3 Å². The van der Waals surface area contributed by atoms with Gasteiger partial charge in [0.15, 0.2) is 11.5 Å². The first-order chi connectivity index (χ1) is 18.4. The van der Waals surface area contributed by atoms with E-state index in [2.05, 4.69) is 65.9 Å². The molecule has 0 bridgehead atoms. The number of nitrogens with zero attached hydrogens (tertiary/aromatic N) is 4. The number of rotatable bonds is 9. The highest BCUT2D eigenvalue weighted by Crippen LogP contribution is 2.42. The molecule has 1 aromatic heterocycles. The van der Waals surface area contributed by atoms with E-state index in [4.69, 9.17) is 14.5 Å². The van der Waals surface area contributed by atoms with Crippen molar-refractivity contribution in [3.8, 4) is 17.6 Å². The molecule has 0 spiro atoms. The third kappa shape index (κ3) is 6.01. The van der Waals surface area contributed by atoms with Crippen molar-refractivity contribution in [3.63, 3.8) is 0 Å². The van der Waals surface area contributed by atoms with E-state index < -0.39 is 0 Å². The molecule has 0 N–H and O–H groups in total. The average Bonchev–Trinajstić information content (AvgIpc) is 2.93. The van der Waals surface area contributed by atoms with E-state index in [-0.39, 0.29) is 12.2 Å². The van der Waals surface area contributed by atoms with Gasteiger partial charge in [-0.1, -0.05) is 47.5 Å². The van der Waals surface area contributed by atoms with Crippen LogP contribution in [0, 0.1) is 11.3 Å². The lowest BCUT2D eigenvalue weighted by Gasteiger charge is -2.16. The van der Waals surface area contributed by atoms with Crippen molar-refractivity contribution in [1.29, 1.82) is 5.26 Å². The summed E-state index contributed by atoms with van der Waals surface area (Å²) in [4.78, 5) is 18.1. The van der Waals surface area contributed by atoms with Gasteiger partial charge in [-0.15, -0.1) is 0 Å². The van der Waals surface area contributed by atoms with Crippen LogP contribution in [0.5, 0.6) is 11.5 Å². The highest BCUT2D eigenvalue weighted by atomic mass is 79.9. The standard InChI is InChI=1S/C28H23Br3N4O3/c1-3-4-9-24-34-22-11-10-20(29)13-21(22)28(36)35(24)33-15-19-12-23(37-2)27(26(31)25(19)30)38-16-18-8-6-5-7-17(18)14-32/h5-8,10-13,15H,3-4,9,16H2,1-2H3. The Morgan fingerprint density at radius 3 is 2.66 bits per heavy atom. The molecule has 0 fully saturated rings. The quantitative estimate of drug-likeness (QED) is 0.170. The fourth-order valence-electron chi connectivity index (χ4n) is 3.82. The first-order valence-electron chi connectivity index (χ1n) is 11.8. The molecule has 4 aromatic rings. The topological polar surface area (TPSA) is 89.5 Å². The van der Waals surface area contributed by atoms with E-state index in [1.165, 1.54) is 4.68 Å². The van der Waals surface area contributed by atoms with Gasteiger partial charge in [0.25, 0.3) is 5.56 Å². The van der Waals surface area contributed by atoms with E-state index in [9.17, 15) is 10.1 Å². The van der Waals surface area contributed by atoms with Gasteiger partial charge in [-0.2, -0.15) is 15.0 Å². The summed E-state index contributed by atoms with van der Waals surface area (Å²) in [6, 6.07) is 16.7. The van der Waals surface area contributed by atoms with Crippen LogP contribution in [-0.4, -0.2) is 23.0 Å². The molecule has 10 heteroatoms. The minimum atomic E-state index is -0.239. The van der Waals surface area contributed by atoms with Gasteiger partial charge in [-0.3, -0.25) is 4.79 Å². The summed E-state index contributed by atoms with van der Waals surface area (Å²) in [5.41, 5.74) is 2.38. The number of ether oxygens (including phenoxy) is 2. The van der Waals surface area contributed by atoms with Gasteiger partial charge >= 0.3 is 0 Å². The highest BCUT2D eigenvalue weighted by Gasteiger charge is 2.18. The van der Waals surface area contributed by atoms with Crippen molar-refractivity contribution in [3.05, 3.63) is 94.8 Å². The van der Waals surface area contributed by atoms with Gasteiger partial charge in [-0.25, -0.2) is 4.98 Å². The minimum absolute atomic E-state index is 0.188. The zero-order chi connectivity index (χ0) is 27.2. The number of hydrogen-bond donors (Lipinski definition) is 0. The molecule has 0 aliphatic rings. The van der Waals surface area contributed by atoms with Crippen molar-refractivity contribution in [2.75, 3.05) is 7.11 Å². The van der Waals surface area contributed by atoms with Crippen LogP contribution >= 0.6 is 47.8 Å². The second-order valence-electron chi connectivity index (χ2n) is 8.34. The molecule has 0 saturated heterocycles. The number of benzene rings is 3. The SMILES string of the molecule is CCCCc1nc2ccc(Br)cc2c(=O)n1N=Cc1cc(OC)c(OCc2ccccc2C#N)c(Br)c1Br. The molecule has 0 radical (unpaired) electrons. The summed E-state index contributed by atoms with van der Waals surface area (Å²) in [5, 5.41) is 14.4. The molecule has 0 unspecified atom stereocenters. The number of halogens is 3. The van der Waals surface area contributed by atoms with Crippen LogP contribution in [-0.2, 0) is 13.0 Å².